The average Bonchev–Trinajstić information content (AvgIpc) is 3.19. The third-order valence-corrected chi connectivity index (χ3v) is 4.02. The van der Waals surface area contributed by atoms with Crippen LogP contribution in [0.4, 0.5) is 4.39 Å². The molecule has 2 aromatic rings. The van der Waals surface area contributed by atoms with Crippen LogP contribution < -0.4 is 0 Å². The fourth-order valence-corrected chi connectivity index (χ4v) is 2.61. The summed E-state index contributed by atoms with van der Waals surface area (Å²) in [5, 5.41) is 3.83. The van der Waals surface area contributed by atoms with Gasteiger partial charge in [-0.2, -0.15) is 4.98 Å². The molecule has 1 heterocycles. The molecule has 1 saturated carbocycles. The first-order chi connectivity index (χ1) is 9.70. The van der Waals surface area contributed by atoms with Crippen molar-refractivity contribution < 1.29 is 13.7 Å². The molecule has 0 amide bonds. The second kappa shape index (κ2) is 5.75. The van der Waals surface area contributed by atoms with Gasteiger partial charge in [-0.1, -0.05) is 11.2 Å². The first-order valence-electron chi connectivity index (χ1n) is 6.43. The van der Waals surface area contributed by atoms with Crippen molar-refractivity contribution in [2.24, 2.45) is 5.92 Å². The van der Waals surface area contributed by atoms with E-state index in [4.69, 9.17) is 4.52 Å². The van der Waals surface area contributed by atoms with Gasteiger partial charge in [0.25, 0.3) is 0 Å². The van der Waals surface area contributed by atoms with Crippen LogP contribution in [0.5, 0.6) is 0 Å². The third-order valence-electron chi connectivity index (χ3n) is 3.03. The molecule has 0 aliphatic heterocycles. The molecule has 0 saturated heterocycles. The van der Waals surface area contributed by atoms with Gasteiger partial charge < -0.3 is 4.52 Å². The van der Waals surface area contributed by atoms with Crippen LogP contribution >= 0.6 is 11.8 Å². The number of carbonyl (C=O) groups excluding carboxylic acids is 1. The van der Waals surface area contributed by atoms with Crippen molar-refractivity contribution in [2.45, 2.75) is 29.9 Å². The van der Waals surface area contributed by atoms with Gasteiger partial charge in [0.05, 0.1) is 12.2 Å². The zero-order valence-corrected chi connectivity index (χ0v) is 11.5. The van der Waals surface area contributed by atoms with Gasteiger partial charge in [0, 0.05) is 10.8 Å². The average molecular weight is 292 g/mol. The summed E-state index contributed by atoms with van der Waals surface area (Å²) in [5.74, 6) is 1.50. The minimum absolute atomic E-state index is 0.179. The number of nitrogens with zero attached hydrogens (tertiary/aromatic N) is 2. The maximum atomic E-state index is 13.0. The molecule has 0 unspecified atom stereocenters. The molecular formula is C14H13FN2O2S. The van der Waals surface area contributed by atoms with Crippen LogP contribution in [-0.2, 0) is 17.0 Å². The molecule has 4 nitrogen and oxygen atoms in total. The van der Waals surface area contributed by atoms with Gasteiger partial charge in [0.15, 0.2) is 5.82 Å². The van der Waals surface area contributed by atoms with E-state index in [1.165, 1.54) is 23.9 Å². The molecule has 1 aromatic heterocycles. The number of Topliss-reactive ketones (excluding diaryl/α,β-unsaturated/α-hetero) is 1. The van der Waals surface area contributed by atoms with Crippen LogP contribution in [0.15, 0.2) is 33.7 Å². The fourth-order valence-electron chi connectivity index (χ4n) is 1.82. The second-order valence-corrected chi connectivity index (χ2v) is 5.82. The first kappa shape index (κ1) is 13.3. The Morgan fingerprint density at radius 3 is 3.05 bits per heavy atom. The van der Waals surface area contributed by atoms with Gasteiger partial charge in [0.2, 0.25) is 5.89 Å². The molecular weight excluding hydrogens is 279 g/mol. The third kappa shape index (κ3) is 3.45. The number of thioether (sulfide) groups is 1. The molecule has 0 spiro atoms. The van der Waals surface area contributed by atoms with Crippen LogP contribution in [0.3, 0.4) is 0 Å². The molecule has 20 heavy (non-hydrogen) atoms. The molecule has 0 atom stereocenters. The highest BCUT2D eigenvalue weighted by atomic mass is 32.2. The van der Waals surface area contributed by atoms with Crippen molar-refractivity contribution in [1.29, 1.82) is 0 Å². The summed E-state index contributed by atoms with van der Waals surface area (Å²) in [5.41, 5.74) is 0. The lowest BCUT2D eigenvalue weighted by atomic mass is 10.2. The molecule has 1 aromatic carbocycles. The Labute approximate surface area is 119 Å². The number of aromatic nitrogens is 2. The van der Waals surface area contributed by atoms with Gasteiger partial charge in [-0.05, 0) is 31.0 Å². The quantitative estimate of drug-likeness (QED) is 0.766. The number of hydrogen-bond acceptors (Lipinski definition) is 5. The Morgan fingerprint density at radius 1 is 1.45 bits per heavy atom. The van der Waals surface area contributed by atoms with Crippen molar-refractivity contribution in [1.82, 2.24) is 10.1 Å². The Balaban J connectivity index is 1.55. The first-order valence-corrected chi connectivity index (χ1v) is 7.42. The van der Waals surface area contributed by atoms with Gasteiger partial charge in [-0.25, -0.2) is 4.39 Å². The van der Waals surface area contributed by atoms with E-state index in [2.05, 4.69) is 10.1 Å². The van der Waals surface area contributed by atoms with Crippen LogP contribution in [0.1, 0.15) is 24.6 Å². The van der Waals surface area contributed by atoms with Crippen LogP contribution in [-0.4, -0.2) is 15.9 Å². The number of rotatable bonds is 6. The number of carbonyl (C=O) groups is 1. The highest BCUT2D eigenvalue weighted by Gasteiger charge is 2.30. The Hall–Kier alpha value is -1.69. The number of ketones is 1. The Kier molecular flexibility index (Phi) is 3.82. The van der Waals surface area contributed by atoms with Crippen molar-refractivity contribution >= 4 is 17.5 Å². The molecule has 1 aliphatic rings. The van der Waals surface area contributed by atoms with Gasteiger partial charge in [-0.15, -0.1) is 11.8 Å². The van der Waals surface area contributed by atoms with Crippen LogP contribution in [0.25, 0.3) is 0 Å². The van der Waals surface area contributed by atoms with Crippen LogP contribution in [0, 0.1) is 11.7 Å². The number of hydrogen-bond donors (Lipinski definition) is 0. The van der Waals surface area contributed by atoms with E-state index in [0.717, 1.165) is 17.7 Å². The van der Waals surface area contributed by atoms with E-state index in [1.54, 1.807) is 6.07 Å². The summed E-state index contributed by atoms with van der Waals surface area (Å²) in [7, 11) is 0. The van der Waals surface area contributed by atoms with E-state index < -0.39 is 0 Å². The lowest BCUT2D eigenvalue weighted by Crippen LogP contribution is -2.04. The predicted octanol–water partition coefficient (Wildman–Crippen LogP) is 3.02. The summed E-state index contributed by atoms with van der Waals surface area (Å²) >= 11 is 1.43. The lowest BCUT2D eigenvalue weighted by molar-refractivity contribution is -0.119. The molecule has 104 valence electrons. The van der Waals surface area contributed by atoms with E-state index >= 15 is 0 Å². The minimum Gasteiger partial charge on any atom is -0.339 e. The van der Waals surface area contributed by atoms with Crippen molar-refractivity contribution in [3.8, 4) is 0 Å². The Bertz CT molecular complexity index is 625. The van der Waals surface area contributed by atoms with E-state index in [1.807, 2.05) is 6.07 Å². The maximum absolute atomic E-state index is 13.0. The summed E-state index contributed by atoms with van der Waals surface area (Å²) < 4.78 is 18.1. The molecule has 6 heteroatoms. The fraction of sp³-hybridized carbons (Fsp3) is 0.357. The predicted molar refractivity (Wildman–Crippen MR) is 71.7 cm³/mol. The zero-order chi connectivity index (χ0) is 13.9. The smallest absolute Gasteiger partial charge is 0.234 e. The highest BCUT2D eigenvalue weighted by Crippen LogP contribution is 2.30. The summed E-state index contributed by atoms with van der Waals surface area (Å²) in [6.07, 6.45) is 2.19. The monoisotopic (exact) mass is 292 g/mol. The standard InChI is InChI=1S/C14H13FN2O2S/c15-10-2-1-3-11(6-10)20-8-13-16-14(19-17-13)7-12(18)9-4-5-9/h1-3,6,9H,4-5,7-8H2. The van der Waals surface area contributed by atoms with Crippen molar-refractivity contribution in [2.75, 3.05) is 0 Å². The molecule has 1 aliphatic carbocycles. The SMILES string of the molecule is O=C(Cc1nc(CSc2cccc(F)c2)no1)C1CC1. The maximum Gasteiger partial charge on any atom is 0.234 e. The molecule has 0 N–H and O–H groups in total. The lowest BCUT2D eigenvalue weighted by Gasteiger charge is -1.97. The zero-order valence-electron chi connectivity index (χ0n) is 10.7. The summed E-state index contributed by atoms with van der Waals surface area (Å²) in [6.45, 7) is 0. The van der Waals surface area contributed by atoms with Gasteiger partial charge in [-0.3, -0.25) is 4.79 Å². The summed E-state index contributed by atoms with van der Waals surface area (Å²) in [6, 6.07) is 6.35. The number of halogens is 1. The molecule has 0 radical (unpaired) electrons. The molecule has 0 bridgehead atoms. The van der Waals surface area contributed by atoms with Crippen molar-refractivity contribution in [3.63, 3.8) is 0 Å². The molecule has 1 fully saturated rings. The number of benzene rings is 1. The normalized spacial score (nSPS) is 14.4. The largest absolute Gasteiger partial charge is 0.339 e. The van der Waals surface area contributed by atoms with E-state index in [-0.39, 0.29) is 23.9 Å². The highest BCUT2D eigenvalue weighted by molar-refractivity contribution is 7.98. The Morgan fingerprint density at radius 2 is 2.30 bits per heavy atom. The van der Waals surface area contributed by atoms with Gasteiger partial charge in [0.1, 0.15) is 11.6 Å². The summed E-state index contributed by atoms with van der Waals surface area (Å²) in [4.78, 5) is 16.6. The van der Waals surface area contributed by atoms with Crippen molar-refractivity contribution in [3.05, 3.63) is 41.8 Å². The topological polar surface area (TPSA) is 56.0 Å². The van der Waals surface area contributed by atoms with E-state index in [0.29, 0.717) is 17.5 Å². The van der Waals surface area contributed by atoms with Crippen LogP contribution in [0.2, 0.25) is 0 Å². The molecule has 3 rings (SSSR count). The minimum atomic E-state index is -0.265. The van der Waals surface area contributed by atoms with E-state index in [9.17, 15) is 9.18 Å². The second-order valence-electron chi connectivity index (χ2n) is 4.77. The van der Waals surface area contributed by atoms with Gasteiger partial charge >= 0.3 is 0 Å².